The second-order valence-electron chi connectivity index (χ2n) is 6.27. The van der Waals surface area contributed by atoms with Crippen molar-refractivity contribution in [3.8, 4) is 0 Å². The van der Waals surface area contributed by atoms with Gasteiger partial charge in [-0.3, -0.25) is 0 Å². The van der Waals surface area contributed by atoms with E-state index in [2.05, 4.69) is 72.0 Å². The second-order valence-corrected chi connectivity index (χ2v) is 6.27. The summed E-state index contributed by atoms with van der Waals surface area (Å²) < 4.78 is 2.10. The van der Waals surface area contributed by atoms with Gasteiger partial charge in [0, 0.05) is 12.6 Å². The third-order valence-electron chi connectivity index (χ3n) is 3.48. The number of aromatic nitrogens is 3. The molecule has 114 valence electrons. The number of nitrogens with one attached hydrogen (secondary N) is 1. The van der Waals surface area contributed by atoms with Gasteiger partial charge in [0.1, 0.15) is 12.2 Å². The summed E-state index contributed by atoms with van der Waals surface area (Å²) in [7, 11) is 0. The van der Waals surface area contributed by atoms with Gasteiger partial charge < -0.3 is 9.88 Å². The highest BCUT2D eigenvalue weighted by Gasteiger charge is 2.06. The summed E-state index contributed by atoms with van der Waals surface area (Å²) in [5, 5.41) is 11.6. The summed E-state index contributed by atoms with van der Waals surface area (Å²) in [6, 6.07) is 9.27. The Kier molecular flexibility index (Phi) is 5.51. The Labute approximate surface area is 127 Å². The maximum Gasteiger partial charge on any atom is 0.147 e. The first-order chi connectivity index (χ1) is 10.1. The van der Waals surface area contributed by atoms with Crippen LogP contribution in [0.4, 0.5) is 0 Å². The van der Waals surface area contributed by atoms with E-state index in [1.165, 1.54) is 11.1 Å². The molecular weight excluding hydrogens is 260 g/mol. The number of rotatable bonds is 7. The quantitative estimate of drug-likeness (QED) is 0.849. The summed E-state index contributed by atoms with van der Waals surface area (Å²) in [4.78, 5) is 0. The molecule has 4 nitrogen and oxygen atoms in total. The lowest BCUT2D eigenvalue weighted by Crippen LogP contribution is -2.17. The maximum atomic E-state index is 4.17. The molecule has 0 amide bonds. The molecule has 0 unspecified atom stereocenters. The fourth-order valence-electron chi connectivity index (χ4n) is 2.41. The Morgan fingerprint density at radius 1 is 1.00 bits per heavy atom. The minimum Gasteiger partial charge on any atom is -0.314 e. The maximum absolute atomic E-state index is 4.17. The average molecular weight is 286 g/mol. The van der Waals surface area contributed by atoms with Crippen molar-refractivity contribution in [3.05, 3.63) is 47.5 Å². The Morgan fingerprint density at radius 2 is 1.67 bits per heavy atom. The van der Waals surface area contributed by atoms with Gasteiger partial charge in [-0.05, 0) is 37.3 Å². The van der Waals surface area contributed by atoms with Gasteiger partial charge in [-0.1, -0.05) is 38.1 Å². The van der Waals surface area contributed by atoms with Crippen molar-refractivity contribution in [1.82, 2.24) is 20.1 Å². The third kappa shape index (κ3) is 4.67. The minimum absolute atomic E-state index is 0.395. The first kappa shape index (κ1) is 15.7. The van der Waals surface area contributed by atoms with Crippen LogP contribution >= 0.6 is 0 Å². The molecule has 0 radical (unpaired) electrons. The molecule has 4 heteroatoms. The van der Waals surface area contributed by atoms with E-state index in [4.69, 9.17) is 0 Å². The molecule has 2 rings (SSSR count). The molecule has 0 saturated carbocycles. The molecule has 1 heterocycles. The molecule has 21 heavy (non-hydrogen) atoms. The van der Waals surface area contributed by atoms with Crippen molar-refractivity contribution in [1.29, 1.82) is 0 Å². The van der Waals surface area contributed by atoms with E-state index in [0.29, 0.717) is 12.0 Å². The fraction of sp³-hybridized carbons (Fsp3) is 0.529. The lowest BCUT2D eigenvalue weighted by molar-refractivity contribution is 0.541. The molecule has 0 bridgehead atoms. The van der Waals surface area contributed by atoms with E-state index in [9.17, 15) is 0 Å². The zero-order chi connectivity index (χ0) is 15.2. The SMILES string of the molecule is CC(C)Cc1ccc(CNCc2nncn2C(C)C)cc1. The second kappa shape index (κ2) is 7.36. The summed E-state index contributed by atoms with van der Waals surface area (Å²) in [5.41, 5.74) is 2.71. The fourth-order valence-corrected chi connectivity index (χ4v) is 2.41. The van der Waals surface area contributed by atoms with Crippen LogP contribution in [0.2, 0.25) is 0 Å². The van der Waals surface area contributed by atoms with Gasteiger partial charge >= 0.3 is 0 Å². The normalized spacial score (nSPS) is 11.5. The van der Waals surface area contributed by atoms with Crippen LogP contribution in [-0.2, 0) is 19.5 Å². The number of nitrogens with zero attached hydrogens (tertiary/aromatic N) is 3. The number of hydrogen-bond donors (Lipinski definition) is 1. The third-order valence-corrected chi connectivity index (χ3v) is 3.48. The molecule has 1 aromatic heterocycles. The van der Waals surface area contributed by atoms with E-state index >= 15 is 0 Å². The average Bonchev–Trinajstić information content (AvgIpc) is 2.89. The van der Waals surface area contributed by atoms with Crippen molar-refractivity contribution in [2.45, 2.75) is 53.2 Å². The van der Waals surface area contributed by atoms with E-state index < -0.39 is 0 Å². The topological polar surface area (TPSA) is 42.7 Å². The predicted molar refractivity (Wildman–Crippen MR) is 85.9 cm³/mol. The van der Waals surface area contributed by atoms with Crippen molar-refractivity contribution in [2.24, 2.45) is 5.92 Å². The first-order valence-electron chi connectivity index (χ1n) is 7.73. The zero-order valence-corrected chi connectivity index (χ0v) is 13.5. The van der Waals surface area contributed by atoms with E-state index in [1.807, 2.05) is 0 Å². The molecule has 0 atom stereocenters. The van der Waals surface area contributed by atoms with Gasteiger partial charge in [0.2, 0.25) is 0 Å². The van der Waals surface area contributed by atoms with Gasteiger partial charge in [0.05, 0.1) is 6.54 Å². The lowest BCUT2D eigenvalue weighted by Gasteiger charge is -2.11. The summed E-state index contributed by atoms with van der Waals surface area (Å²) in [6.07, 6.45) is 2.94. The van der Waals surface area contributed by atoms with Gasteiger partial charge in [-0.15, -0.1) is 10.2 Å². The van der Waals surface area contributed by atoms with Crippen molar-refractivity contribution in [2.75, 3.05) is 0 Å². The zero-order valence-electron chi connectivity index (χ0n) is 13.5. The highest BCUT2D eigenvalue weighted by Crippen LogP contribution is 2.10. The van der Waals surface area contributed by atoms with E-state index in [-0.39, 0.29) is 0 Å². The van der Waals surface area contributed by atoms with Crippen molar-refractivity contribution >= 4 is 0 Å². The molecule has 0 saturated heterocycles. The Bertz CT molecular complexity index is 540. The molecule has 1 aromatic carbocycles. The predicted octanol–water partition coefficient (Wildman–Crippen LogP) is 3.35. The van der Waals surface area contributed by atoms with Crippen LogP contribution < -0.4 is 5.32 Å². The Balaban J connectivity index is 1.84. The van der Waals surface area contributed by atoms with E-state index in [0.717, 1.165) is 25.3 Å². The van der Waals surface area contributed by atoms with Crippen LogP contribution in [0.1, 0.15) is 50.7 Å². The molecule has 0 spiro atoms. The molecule has 2 aromatic rings. The molecule has 1 N–H and O–H groups in total. The molecule has 0 aliphatic heterocycles. The van der Waals surface area contributed by atoms with Gasteiger partial charge in [-0.25, -0.2) is 0 Å². The van der Waals surface area contributed by atoms with Crippen molar-refractivity contribution in [3.63, 3.8) is 0 Å². The van der Waals surface area contributed by atoms with E-state index in [1.54, 1.807) is 6.33 Å². The number of hydrogen-bond acceptors (Lipinski definition) is 3. The Hall–Kier alpha value is -1.68. The summed E-state index contributed by atoms with van der Waals surface area (Å²) in [5.74, 6) is 1.69. The lowest BCUT2D eigenvalue weighted by atomic mass is 10.0. The summed E-state index contributed by atoms with van der Waals surface area (Å²) >= 11 is 0. The molecule has 0 aliphatic rings. The molecule has 0 fully saturated rings. The highest BCUT2D eigenvalue weighted by molar-refractivity contribution is 5.22. The van der Waals surface area contributed by atoms with Crippen LogP contribution in [0, 0.1) is 5.92 Å². The van der Waals surface area contributed by atoms with Crippen LogP contribution in [0.15, 0.2) is 30.6 Å². The monoisotopic (exact) mass is 286 g/mol. The standard InChI is InChI=1S/C17H26N4/c1-13(2)9-15-5-7-16(8-6-15)10-18-11-17-20-19-12-21(17)14(3)4/h5-8,12-14,18H,9-11H2,1-4H3. The van der Waals surface area contributed by atoms with Crippen LogP contribution in [0.25, 0.3) is 0 Å². The first-order valence-corrected chi connectivity index (χ1v) is 7.73. The largest absolute Gasteiger partial charge is 0.314 e. The minimum atomic E-state index is 0.395. The van der Waals surface area contributed by atoms with Crippen LogP contribution in [0.5, 0.6) is 0 Å². The summed E-state index contributed by atoms with van der Waals surface area (Å²) in [6.45, 7) is 10.4. The van der Waals surface area contributed by atoms with Crippen LogP contribution in [-0.4, -0.2) is 14.8 Å². The van der Waals surface area contributed by atoms with Gasteiger partial charge in [-0.2, -0.15) is 0 Å². The highest BCUT2D eigenvalue weighted by atomic mass is 15.3. The van der Waals surface area contributed by atoms with Crippen LogP contribution in [0.3, 0.4) is 0 Å². The Morgan fingerprint density at radius 3 is 2.29 bits per heavy atom. The number of benzene rings is 1. The van der Waals surface area contributed by atoms with Gasteiger partial charge in [0.25, 0.3) is 0 Å². The molecular formula is C17H26N4. The van der Waals surface area contributed by atoms with Crippen molar-refractivity contribution < 1.29 is 0 Å². The molecule has 0 aliphatic carbocycles. The van der Waals surface area contributed by atoms with Gasteiger partial charge in [0.15, 0.2) is 0 Å². The smallest absolute Gasteiger partial charge is 0.147 e.